The summed E-state index contributed by atoms with van der Waals surface area (Å²) in [7, 11) is 0. The lowest BCUT2D eigenvalue weighted by Gasteiger charge is -2.05. The van der Waals surface area contributed by atoms with Gasteiger partial charge in [0, 0.05) is 0 Å². The molecule has 0 saturated heterocycles. The molecular formula is C19H17-. The van der Waals surface area contributed by atoms with Crippen LogP contribution in [-0.2, 0) is 12.8 Å². The van der Waals surface area contributed by atoms with E-state index in [2.05, 4.69) is 78.9 Å². The molecule has 0 saturated carbocycles. The summed E-state index contributed by atoms with van der Waals surface area (Å²) in [6, 6.07) is 28.1. The molecule has 0 nitrogen and oxygen atoms in total. The minimum Gasteiger partial charge on any atom is -0.207 e. The van der Waals surface area contributed by atoms with E-state index in [0.717, 1.165) is 12.8 Å². The van der Waals surface area contributed by atoms with Gasteiger partial charge in [0.05, 0.1) is 0 Å². The van der Waals surface area contributed by atoms with Crippen molar-refractivity contribution in [2.75, 3.05) is 0 Å². The summed E-state index contributed by atoms with van der Waals surface area (Å²) in [5.41, 5.74) is 5.55. The Hall–Kier alpha value is -2.21. The van der Waals surface area contributed by atoms with Crippen molar-refractivity contribution in [1.29, 1.82) is 0 Å². The molecule has 0 spiro atoms. The topological polar surface area (TPSA) is 0 Å². The second-order valence-corrected chi connectivity index (χ2v) is 4.95. The highest BCUT2D eigenvalue weighted by atomic mass is 14.1. The molecule has 0 amide bonds. The fourth-order valence-corrected chi connectivity index (χ4v) is 2.43. The van der Waals surface area contributed by atoms with E-state index in [0.29, 0.717) is 0 Å². The largest absolute Gasteiger partial charge is 0.207 e. The molecule has 0 aromatic heterocycles. The molecule has 0 aliphatic rings. The molecule has 0 radical (unpaired) electrons. The molecule has 0 heterocycles. The zero-order valence-corrected chi connectivity index (χ0v) is 10.9. The number of benzene rings is 2. The van der Waals surface area contributed by atoms with E-state index in [-0.39, 0.29) is 0 Å². The number of hydrogen-bond donors (Lipinski definition) is 0. The zero-order chi connectivity index (χ0) is 12.9. The Kier molecular flexibility index (Phi) is 3.51. The van der Waals surface area contributed by atoms with Crippen LogP contribution in [0.2, 0.25) is 0 Å². The normalized spacial score (nSPS) is 10.5. The number of rotatable bonds is 4. The van der Waals surface area contributed by atoms with Crippen LogP contribution in [0.1, 0.15) is 22.3 Å². The van der Waals surface area contributed by atoms with Gasteiger partial charge in [0.2, 0.25) is 0 Å². The molecule has 3 aromatic rings. The van der Waals surface area contributed by atoms with Gasteiger partial charge in [-0.15, -0.1) is 0 Å². The van der Waals surface area contributed by atoms with Crippen LogP contribution in [0.3, 0.4) is 0 Å². The Morgan fingerprint density at radius 2 is 1.21 bits per heavy atom. The molecule has 3 aromatic carbocycles. The first-order valence-electron chi connectivity index (χ1n) is 6.72. The van der Waals surface area contributed by atoms with Gasteiger partial charge in [-0.3, -0.25) is 0 Å². The van der Waals surface area contributed by atoms with Crippen LogP contribution in [0.15, 0.2) is 78.9 Å². The van der Waals surface area contributed by atoms with Crippen LogP contribution in [0.5, 0.6) is 0 Å². The van der Waals surface area contributed by atoms with E-state index in [4.69, 9.17) is 0 Å². The smallest absolute Gasteiger partial charge is 0.0259 e. The maximum Gasteiger partial charge on any atom is -0.0259 e. The lowest BCUT2D eigenvalue weighted by atomic mass is 10.1. The van der Waals surface area contributed by atoms with Crippen molar-refractivity contribution >= 4 is 0 Å². The van der Waals surface area contributed by atoms with Crippen LogP contribution in [0, 0.1) is 0 Å². The summed E-state index contributed by atoms with van der Waals surface area (Å²) < 4.78 is 0. The summed E-state index contributed by atoms with van der Waals surface area (Å²) >= 11 is 0. The van der Waals surface area contributed by atoms with E-state index in [9.17, 15) is 0 Å². The van der Waals surface area contributed by atoms with Gasteiger partial charge in [-0.25, -0.2) is 6.07 Å². The van der Waals surface area contributed by atoms with Gasteiger partial charge in [-0.05, 0) is 12.0 Å². The minimum absolute atomic E-state index is 1.02. The van der Waals surface area contributed by atoms with Crippen molar-refractivity contribution in [2.24, 2.45) is 0 Å². The fourth-order valence-electron chi connectivity index (χ4n) is 2.43. The van der Waals surface area contributed by atoms with Crippen LogP contribution >= 0.6 is 0 Å². The van der Waals surface area contributed by atoms with Gasteiger partial charge >= 0.3 is 0 Å². The first kappa shape index (κ1) is 11.9. The molecule has 3 rings (SSSR count). The van der Waals surface area contributed by atoms with Crippen molar-refractivity contribution in [3.63, 3.8) is 0 Å². The molecule has 0 unspecified atom stereocenters. The van der Waals surface area contributed by atoms with Crippen molar-refractivity contribution in [2.45, 2.75) is 12.8 Å². The summed E-state index contributed by atoms with van der Waals surface area (Å²) in [5, 5.41) is 0. The molecule has 0 atom stereocenters. The Morgan fingerprint density at radius 1 is 0.632 bits per heavy atom. The third-order valence-corrected chi connectivity index (χ3v) is 3.38. The average molecular weight is 245 g/mol. The molecular weight excluding hydrogens is 228 g/mol. The molecule has 19 heavy (non-hydrogen) atoms. The third kappa shape index (κ3) is 3.17. The highest BCUT2D eigenvalue weighted by Crippen LogP contribution is 2.16. The molecule has 0 aliphatic carbocycles. The van der Waals surface area contributed by atoms with Crippen LogP contribution in [0.25, 0.3) is 0 Å². The highest BCUT2D eigenvalue weighted by molar-refractivity contribution is 5.34. The lowest BCUT2D eigenvalue weighted by molar-refractivity contribution is 1.18. The van der Waals surface area contributed by atoms with Gasteiger partial charge in [-0.1, -0.05) is 72.6 Å². The maximum atomic E-state index is 2.32. The van der Waals surface area contributed by atoms with Gasteiger partial charge in [-0.2, -0.15) is 23.3 Å². The van der Waals surface area contributed by atoms with E-state index in [1.807, 2.05) is 0 Å². The SMILES string of the molecule is c1ccc(Cc2c[cH-]c(Cc3ccccc3)c2)cc1. The quantitative estimate of drug-likeness (QED) is 0.590. The summed E-state index contributed by atoms with van der Waals surface area (Å²) in [6.45, 7) is 0. The lowest BCUT2D eigenvalue weighted by Crippen LogP contribution is -1.86. The Balaban J connectivity index is 1.70. The Bertz CT molecular complexity index is 561. The highest BCUT2D eigenvalue weighted by Gasteiger charge is 1.94. The second kappa shape index (κ2) is 5.62. The molecule has 0 fully saturated rings. The first-order valence-corrected chi connectivity index (χ1v) is 6.72. The van der Waals surface area contributed by atoms with Crippen LogP contribution < -0.4 is 0 Å². The Labute approximate surface area is 114 Å². The Morgan fingerprint density at radius 3 is 1.84 bits per heavy atom. The van der Waals surface area contributed by atoms with E-state index in [1.54, 1.807) is 0 Å². The minimum atomic E-state index is 1.02. The second-order valence-electron chi connectivity index (χ2n) is 4.95. The maximum absolute atomic E-state index is 2.32. The number of hydrogen-bond acceptors (Lipinski definition) is 0. The van der Waals surface area contributed by atoms with Gasteiger partial charge in [0.1, 0.15) is 0 Å². The van der Waals surface area contributed by atoms with Crippen LogP contribution in [-0.4, -0.2) is 0 Å². The average Bonchev–Trinajstić information content (AvgIpc) is 2.88. The molecule has 0 bridgehead atoms. The van der Waals surface area contributed by atoms with Crippen LogP contribution in [0.4, 0.5) is 0 Å². The standard InChI is InChI=1S/C19H17/c1-3-7-16(8-4-1)13-18-11-12-19(15-18)14-17-9-5-2-6-10-17/h1-12,15H,13-14H2/q-1. The molecule has 94 valence electrons. The van der Waals surface area contributed by atoms with Gasteiger partial charge in [0.15, 0.2) is 0 Å². The summed E-state index contributed by atoms with van der Waals surface area (Å²) in [6.07, 6.45) is 2.05. The first-order chi connectivity index (χ1) is 9.40. The predicted molar refractivity (Wildman–Crippen MR) is 80.5 cm³/mol. The molecule has 0 N–H and O–H groups in total. The third-order valence-electron chi connectivity index (χ3n) is 3.38. The van der Waals surface area contributed by atoms with Gasteiger partial charge in [0.25, 0.3) is 0 Å². The van der Waals surface area contributed by atoms with E-state index >= 15 is 0 Å². The summed E-state index contributed by atoms with van der Waals surface area (Å²) in [5.74, 6) is 0. The zero-order valence-electron chi connectivity index (χ0n) is 10.9. The summed E-state index contributed by atoms with van der Waals surface area (Å²) in [4.78, 5) is 0. The fraction of sp³-hybridized carbons (Fsp3) is 0.105. The van der Waals surface area contributed by atoms with Crippen molar-refractivity contribution in [3.8, 4) is 0 Å². The van der Waals surface area contributed by atoms with Gasteiger partial charge < -0.3 is 0 Å². The monoisotopic (exact) mass is 245 g/mol. The van der Waals surface area contributed by atoms with Crippen molar-refractivity contribution in [1.82, 2.24) is 0 Å². The molecule has 0 heteroatoms. The van der Waals surface area contributed by atoms with Crippen molar-refractivity contribution < 1.29 is 0 Å². The predicted octanol–water partition coefficient (Wildman–Crippen LogP) is 4.59. The van der Waals surface area contributed by atoms with E-state index in [1.165, 1.54) is 22.3 Å². The molecule has 0 aliphatic heterocycles. The van der Waals surface area contributed by atoms with E-state index < -0.39 is 0 Å². The van der Waals surface area contributed by atoms with Crippen molar-refractivity contribution in [3.05, 3.63) is 101 Å².